The molecule has 0 unspecified atom stereocenters. The lowest BCUT2D eigenvalue weighted by molar-refractivity contribution is -0.120. The molecule has 0 aromatic heterocycles. The minimum atomic E-state index is -4.25. The Balaban J connectivity index is 1.72. The summed E-state index contributed by atoms with van der Waals surface area (Å²) in [6.45, 7) is 0. The van der Waals surface area contributed by atoms with Gasteiger partial charge in [0, 0.05) is 5.02 Å². The largest absolute Gasteiger partial charge is 0.277 e. The van der Waals surface area contributed by atoms with E-state index >= 15 is 0 Å². The fourth-order valence-electron chi connectivity index (χ4n) is 2.54. The molecule has 0 aliphatic heterocycles. The molecule has 3 aromatic rings. The lowest BCUT2D eigenvalue weighted by Gasteiger charge is -2.10. The number of hydrogen-bond donors (Lipinski definition) is 2. The highest BCUT2D eigenvalue weighted by atomic mass is 35.5. The summed E-state index contributed by atoms with van der Waals surface area (Å²) >= 11 is 5.61. The molecule has 8 heteroatoms. The van der Waals surface area contributed by atoms with E-state index in [1.807, 2.05) is 41.2 Å². The zero-order valence-electron chi connectivity index (χ0n) is 13.4. The van der Waals surface area contributed by atoms with Crippen LogP contribution >= 0.6 is 11.6 Å². The number of sulfonamides is 1. The molecule has 0 saturated heterocycles. The molecule has 2 N–H and O–H groups in total. The van der Waals surface area contributed by atoms with E-state index in [1.165, 1.54) is 6.07 Å². The lowest BCUT2D eigenvalue weighted by Crippen LogP contribution is -2.42. The van der Waals surface area contributed by atoms with Crippen LogP contribution in [0.15, 0.2) is 65.6 Å². The molecule has 0 radical (unpaired) electrons. The number of amides is 1. The van der Waals surface area contributed by atoms with E-state index in [1.54, 1.807) is 6.07 Å². The minimum Gasteiger partial charge on any atom is -0.277 e. The number of rotatable bonds is 5. The molecule has 0 saturated carbocycles. The van der Waals surface area contributed by atoms with E-state index in [4.69, 9.17) is 11.6 Å². The maximum atomic E-state index is 13.8. The monoisotopic (exact) mass is 392 g/mol. The van der Waals surface area contributed by atoms with Crippen molar-refractivity contribution in [1.82, 2.24) is 10.3 Å². The highest BCUT2D eigenvalue weighted by Crippen LogP contribution is 2.20. The first-order valence-corrected chi connectivity index (χ1v) is 9.45. The summed E-state index contributed by atoms with van der Waals surface area (Å²) in [6.07, 6.45) is -0.0347. The van der Waals surface area contributed by atoms with Crippen LogP contribution in [0.2, 0.25) is 5.02 Å². The van der Waals surface area contributed by atoms with E-state index in [9.17, 15) is 17.6 Å². The van der Waals surface area contributed by atoms with Crippen LogP contribution in [0, 0.1) is 5.82 Å². The summed E-state index contributed by atoms with van der Waals surface area (Å²) in [5, 5.41) is 1.94. The number of carbonyl (C=O) groups excluding carboxylic acids is 1. The zero-order chi connectivity index (χ0) is 18.7. The Morgan fingerprint density at radius 2 is 1.77 bits per heavy atom. The first-order chi connectivity index (χ1) is 12.4. The van der Waals surface area contributed by atoms with Crippen LogP contribution in [-0.2, 0) is 21.2 Å². The van der Waals surface area contributed by atoms with E-state index in [0.717, 1.165) is 28.5 Å². The van der Waals surface area contributed by atoms with Crippen LogP contribution in [0.3, 0.4) is 0 Å². The number of carbonyl (C=O) groups is 1. The second-order valence-corrected chi connectivity index (χ2v) is 7.63. The van der Waals surface area contributed by atoms with Crippen molar-refractivity contribution in [3.05, 3.63) is 77.1 Å². The van der Waals surface area contributed by atoms with Gasteiger partial charge in [-0.3, -0.25) is 10.2 Å². The second-order valence-electron chi connectivity index (χ2n) is 5.54. The van der Waals surface area contributed by atoms with Crippen molar-refractivity contribution in [3.63, 3.8) is 0 Å². The van der Waals surface area contributed by atoms with Gasteiger partial charge in [0.05, 0.1) is 6.42 Å². The van der Waals surface area contributed by atoms with Gasteiger partial charge in [0.15, 0.2) is 0 Å². The van der Waals surface area contributed by atoms with Crippen molar-refractivity contribution in [3.8, 4) is 0 Å². The van der Waals surface area contributed by atoms with Gasteiger partial charge in [0.25, 0.3) is 10.0 Å². The third kappa shape index (κ3) is 4.01. The van der Waals surface area contributed by atoms with Crippen molar-refractivity contribution in [2.75, 3.05) is 0 Å². The Bertz CT molecular complexity index is 1080. The average molecular weight is 393 g/mol. The van der Waals surface area contributed by atoms with Crippen LogP contribution in [0.5, 0.6) is 0 Å². The summed E-state index contributed by atoms with van der Waals surface area (Å²) in [4.78, 5) is 13.4. The summed E-state index contributed by atoms with van der Waals surface area (Å²) < 4.78 is 38.0. The van der Waals surface area contributed by atoms with Crippen LogP contribution in [-0.4, -0.2) is 14.3 Å². The standard InChI is InChI=1S/C18H14ClFN2O3S/c19-14-8-9-17(16(20)11-14)26(24,25)22-21-18(23)10-13-6-3-5-12-4-1-2-7-15(12)13/h1-9,11,22H,10H2,(H,21,23). The molecule has 134 valence electrons. The Morgan fingerprint density at radius 3 is 2.54 bits per heavy atom. The minimum absolute atomic E-state index is 0.0347. The van der Waals surface area contributed by atoms with Crippen LogP contribution in [0.25, 0.3) is 10.8 Å². The third-order valence-corrected chi connectivity index (χ3v) is 5.26. The van der Waals surface area contributed by atoms with Crippen molar-refractivity contribution >= 4 is 38.3 Å². The number of fused-ring (bicyclic) bond motifs is 1. The lowest BCUT2D eigenvalue weighted by atomic mass is 10.0. The molecular formula is C18H14ClFN2O3S. The maximum Gasteiger partial charge on any atom is 0.260 e. The molecule has 26 heavy (non-hydrogen) atoms. The smallest absolute Gasteiger partial charge is 0.260 e. The van der Waals surface area contributed by atoms with Gasteiger partial charge < -0.3 is 0 Å². The highest BCUT2D eigenvalue weighted by molar-refractivity contribution is 7.89. The summed E-state index contributed by atoms with van der Waals surface area (Å²) in [5.41, 5.74) is 2.85. The normalized spacial score (nSPS) is 11.5. The highest BCUT2D eigenvalue weighted by Gasteiger charge is 2.20. The first kappa shape index (κ1) is 18.3. The van der Waals surface area contributed by atoms with Gasteiger partial charge in [-0.2, -0.15) is 0 Å². The molecule has 0 aliphatic rings. The van der Waals surface area contributed by atoms with Crippen molar-refractivity contribution in [2.45, 2.75) is 11.3 Å². The summed E-state index contributed by atoms with van der Waals surface area (Å²) in [7, 11) is -4.25. The number of hydrazine groups is 1. The molecule has 0 bridgehead atoms. The SMILES string of the molecule is O=C(Cc1cccc2ccccc12)NNS(=O)(=O)c1ccc(Cl)cc1F. The van der Waals surface area contributed by atoms with Crippen LogP contribution < -0.4 is 10.3 Å². The quantitative estimate of drug-likeness (QED) is 0.655. The summed E-state index contributed by atoms with van der Waals surface area (Å²) in [6, 6.07) is 16.2. The number of hydrogen-bond acceptors (Lipinski definition) is 3. The Kier molecular flexibility index (Phi) is 5.22. The predicted octanol–water partition coefficient (Wildman–Crippen LogP) is 3.18. The molecule has 3 aromatic carbocycles. The van der Waals surface area contributed by atoms with E-state index in [0.29, 0.717) is 0 Å². The average Bonchev–Trinajstić information content (AvgIpc) is 2.60. The second kappa shape index (κ2) is 7.41. The molecule has 0 atom stereocenters. The number of benzene rings is 3. The van der Waals surface area contributed by atoms with Crippen LogP contribution in [0.4, 0.5) is 4.39 Å². The zero-order valence-corrected chi connectivity index (χ0v) is 14.9. The predicted molar refractivity (Wildman–Crippen MR) is 97.5 cm³/mol. The van der Waals surface area contributed by atoms with E-state index in [-0.39, 0.29) is 11.4 Å². The third-order valence-electron chi connectivity index (χ3n) is 3.74. The van der Waals surface area contributed by atoms with Crippen molar-refractivity contribution in [1.29, 1.82) is 0 Å². The molecule has 0 aliphatic carbocycles. The topological polar surface area (TPSA) is 75.3 Å². The van der Waals surface area contributed by atoms with Gasteiger partial charge in [-0.05, 0) is 34.5 Å². The molecule has 0 fully saturated rings. The Morgan fingerprint density at radius 1 is 1.04 bits per heavy atom. The Labute approximate surface area is 154 Å². The molecule has 5 nitrogen and oxygen atoms in total. The number of nitrogens with one attached hydrogen (secondary N) is 2. The van der Waals surface area contributed by atoms with Crippen LogP contribution in [0.1, 0.15) is 5.56 Å². The fourth-order valence-corrected chi connectivity index (χ4v) is 3.62. The molecule has 0 spiro atoms. The van der Waals surface area contributed by atoms with Gasteiger partial charge in [-0.25, -0.2) is 12.8 Å². The molecule has 0 heterocycles. The molecule has 3 rings (SSSR count). The number of halogens is 2. The van der Waals surface area contributed by atoms with E-state index in [2.05, 4.69) is 5.43 Å². The van der Waals surface area contributed by atoms with Gasteiger partial charge in [-0.1, -0.05) is 54.1 Å². The van der Waals surface area contributed by atoms with Gasteiger partial charge >= 0.3 is 0 Å². The van der Waals surface area contributed by atoms with Gasteiger partial charge in [0.1, 0.15) is 10.7 Å². The van der Waals surface area contributed by atoms with Crippen molar-refractivity contribution in [2.24, 2.45) is 0 Å². The van der Waals surface area contributed by atoms with Gasteiger partial charge in [-0.15, -0.1) is 4.83 Å². The van der Waals surface area contributed by atoms with E-state index < -0.39 is 26.6 Å². The molecular weight excluding hydrogens is 379 g/mol. The fraction of sp³-hybridized carbons (Fsp3) is 0.0556. The molecule has 1 amide bonds. The first-order valence-electron chi connectivity index (χ1n) is 7.59. The Hall–Kier alpha value is -2.48. The van der Waals surface area contributed by atoms with Crippen molar-refractivity contribution < 1.29 is 17.6 Å². The van der Waals surface area contributed by atoms with Gasteiger partial charge in [0.2, 0.25) is 5.91 Å². The summed E-state index contributed by atoms with van der Waals surface area (Å²) in [5.74, 6) is -1.58. The maximum absolute atomic E-state index is 13.8.